The van der Waals surface area contributed by atoms with Crippen molar-refractivity contribution < 1.29 is 13.2 Å². The smallest absolute Gasteiger partial charge is 0.209 e. The Hall–Kier alpha value is -2.09. The molecule has 3 N–H and O–H groups in total. The summed E-state index contributed by atoms with van der Waals surface area (Å²) in [6.45, 7) is 2.58. The Kier molecular flexibility index (Phi) is 5.57. The van der Waals surface area contributed by atoms with Gasteiger partial charge in [-0.25, -0.2) is 13.1 Å². The second kappa shape index (κ2) is 7.86. The fourth-order valence-electron chi connectivity index (χ4n) is 2.64. The molecular weight excluding hydrogens is 338 g/mol. The van der Waals surface area contributed by atoms with E-state index in [4.69, 9.17) is 4.74 Å². The molecule has 1 aliphatic heterocycles. The third-order valence-corrected chi connectivity index (χ3v) is 4.63. The van der Waals surface area contributed by atoms with Crippen molar-refractivity contribution in [1.82, 2.24) is 10.0 Å². The van der Waals surface area contributed by atoms with E-state index in [1.54, 1.807) is 0 Å². The Bertz CT molecular complexity index is 807. The minimum Gasteiger partial charge on any atom is -0.485 e. The zero-order valence-electron chi connectivity index (χ0n) is 14.2. The zero-order valence-corrected chi connectivity index (χ0v) is 15.0. The van der Waals surface area contributed by atoms with Gasteiger partial charge in [-0.3, -0.25) is 0 Å². The predicted molar refractivity (Wildman–Crippen MR) is 99.2 cm³/mol. The van der Waals surface area contributed by atoms with Crippen molar-refractivity contribution in [2.75, 3.05) is 24.7 Å². The maximum absolute atomic E-state index is 11.1. The van der Waals surface area contributed by atoms with Crippen molar-refractivity contribution in [2.45, 2.75) is 19.2 Å². The Morgan fingerprint density at radius 1 is 1.08 bits per heavy atom. The lowest BCUT2D eigenvalue weighted by Gasteiger charge is -2.27. The average molecular weight is 361 g/mol. The lowest BCUT2D eigenvalue weighted by atomic mass is 10.1. The van der Waals surface area contributed by atoms with Gasteiger partial charge in [0.05, 0.1) is 18.5 Å². The molecule has 1 unspecified atom stereocenters. The van der Waals surface area contributed by atoms with Crippen LogP contribution in [0.5, 0.6) is 5.75 Å². The molecule has 1 atom stereocenters. The third-order valence-electron chi connectivity index (χ3n) is 3.96. The molecule has 2 aromatic rings. The van der Waals surface area contributed by atoms with Crippen molar-refractivity contribution in [1.29, 1.82) is 0 Å². The van der Waals surface area contributed by atoms with Crippen molar-refractivity contribution in [3.8, 4) is 5.75 Å². The van der Waals surface area contributed by atoms with Crippen LogP contribution in [0.1, 0.15) is 11.1 Å². The highest BCUT2D eigenvalue weighted by Crippen LogP contribution is 2.27. The van der Waals surface area contributed by atoms with Crippen LogP contribution in [0.25, 0.3) is 0 Å². The molecule has 0 saturated heterocycles. The molecule has 25 heavy (non-hydrogen) atoms. The molecule has 0 aromatic heterocycles. The highest BCUT2D eigenvalue weighted by Gasteiger charge is 2.17. The molecule has 0 saturated carbocycles. The Balaban J connectivity index is 1.43. The number of rotatable bonds is 7. The number of ether oxygens (including phenoxy) is 1. The van der Waals surface area contributed by atoms with E-state index in [0.29, 0.717) is 6.54 Å². The number of hydrogen-bond acceptors (Lipinski definition) is 5. The summed E-state index contributed by atoms with van der Waals surface area (Å²) in [5.74, 6) is 0.892. The molecule has 0 fully saturated rings. The van der Waals surface area contributed by atoms with E-state index >= 15 is 0 Å². The summed E-state index contributed by atoms with van der Waals surface area (Å²) in [6, 6.07) is 15.8. The number of sulfonamides is 1. The minimum atomic E-state index is -3.16. The molecule has 0 amide bonds. The van der Waals surface area contributed by atoms with E-state index in [1.807, 2.05) is 48.5 Å². The van der Waals surface area contributed by atoms with Gasteiger partial charge in [0.1, 0.15) is 11.9 Å². The molecule has 0 radical (unpaired) electrons. The van der Waals surface area contributed by atoms with Gasteiger partial charge in [0.2, 0.25) is 10.0 Å². The maximum Gasteiger partial charge on any atom is 0.209 e. The number of hydrogen-bond donors (Lipinski definition) is 3. The van der Waals surface area contributed by atoms with Gasteiger partial charge in [0.15, 0.2) is 0 Å². The summed E-state index contributed by atoms with van der Waals surface area (Å²) < 4.78 is 30.7. The fraction of sp³-hybridized carbons (Fsp3) is 0.333. The Morgan fingerprint density at radius 2 is 1.76 bits per heavy atom. The highest BCUT2D eigenvalue weighted by atomic mass is 32.2. The van der Waals surface area contributed by atoms with Crippen LogP contribution in [0.3, 0.4) is 0 Å². The number of nitrogens with one attached hydrogen (secondary N) is 3. The van der Waals surface area contributed by atoms with Gasteiger partial charge in [-0.05, 0) is 23.3 Å². The summed E-state index contributed by atoms with van der Waals surface area (Å²) in [5, 5.41) is 6.78. The molecule has 2 aromatic carbocycles. The van der Waals surface area contributed by atoms with Crippen LogP contribution in [0.15, 0.2) is 48.5 Å². The number of para-hydroxylation sites is 2. The topological polar surface area (TPSA) is 79.5 Å². The molecule has 134 valence electrons. The van der Waals surface area contributed by atoms with Gasteiger partial charge in [-0.15, -0.1) is 0 Å². The molecule has 0 bridgehead atoms. The average Bonchev–Trinajstić information content (AvgIpc) is 2.60. The fourth-order valence-corrected chi connectivity index (χ4v) is 3.07. The van der Waals surface area contributed by atoms with Crippen LogP contribution < -0.4 is 20.1 Å². The van der Waals surface area contributed by atoms with Gasteiger partial charge in [0.25, 0.3) is 0 Å². The van der Waals surface area contributed by atoms with Crippen molar-refractivity contribution in [3.05, 3.63) is 59.7 Å². The van der Waals surface area contributed by atoms with Crippen molar-refractivity contribution >= 4 is 15.7 Å². The van der Waals surface area contributed by atoms with Crippen LogP contribution in [-0.4, -0.2) is 33.9 Å². The van der Waals surface area contributed by atoms with Gasteiger partial charge in [0, 0.05) is 19.6 Å². The SMILES string of the molecule is CS(=O)(=O)NCc1ccc(CNCC2CNc3ccccc3O2)cc1. The van der Waals surface area contributed by atoms with Gasteiger partial charge < -0.3 is 15.4 Å². The van der Waals surface area contributed by atoms with Crippen LogP contribution >= 0.6 is 0 Å². The lowest BCUT2D eigenvalue weighted by molar-refractivity contribution is 0.201. The molecule has 0 aliphatic carbocycles. The van der Waals surface area contributed by atoms with Gasteiger partial charge in [-0.2, -0.15) is 0 Å². The minimum absolute atomic E-state index is 0.0909. The van der Waals surface area contributed by atoms with Crippen molar-refractivity contribution in [3.63, 3.8) is 0 Å². The first-order chi connectivity index (χ1) is 12.0. The van der Waals surface area contributed by atoms with E-state index in [-0.39, 0.29) is 6.10 Å². The zero-order chi connectivity index (χ0) is 17.7. The first kappa shape index (κ1) is 17.7. The van der Waals surface area contributed by atoms with E-state index in [2.05, 4.69) is 15.4 Å². The molecular formula is C18H23N3O3S. The second-order valence-electron chi connectivity index (χ2n) is 6.16. The summed E-state index contributed by atoms with van der Waals surface area (Å²) in [5.41, 5.74) is 3.12. The van der Waals surface area contributed by atoms with Crippen LogP contribution in [0.2, 0.25) is 0 Å². The van der Waals surface area contributed by atoms with Crippen LogP contribution in [-0.2, 0) is 23.1 Å². The van der Waals surface area contributed by atoms with E-state index in [0.717, 1.165) is 48.5 Å². The normalized spacial score (nSPS) is 16.6. The largest absolute Gasteiger partial charge is 0.485 e. The Labute approximate surface area is 148 Å². The summed E-state index contributed by atoms with van der Waals surface area (Å²) in [6.07, 6.45) is 1.25. The van der Waals surface area contributed by atoms with Gasteiger partial charge in [-0.1, -0.05) is 36.4 Å². The standard InChI is InChI=1S/C18H23N3O3S/c1-25(22,23)21-11-15-8-6-14(7-9-15)10-19-12-16-13-20-17-4-2-3-5-18(17)24-16/h2-9,16,19-21H,10-13H2,1H3. The van der Waals surface area contributed by atoms with Crippen LogP contribution in [0.4, 0.5) is 5.69 Å². The molecule has 3 rings (SSSR count). The van der Waals surface area contributed by atoms with Gasteiger partial charge >= 0.3 is 0 Å². The lowest BCUT2D eigenvalue weighted by Crippen LogP contribution is -2.39. The molecule has 1 heterocycles. The van der Waals surface area contributed by atoms with E-state index in [1.165, 1.54) is 0 Å². The summed E-state index contributed by atoms with van der Waals surface area (Å²) >= 11 is 0. The molecule has 7 heteroatoms. The number of benzene rings is 2. The Morgan fingerprint density at radius 3 is 2.48 bits per heavy atom. The first-order valence-corrected chi connectivity index (χ1v) is 10.1. The highest BCUT2D eigenvalue weighted by molar-refractivity contribution is 7.88. The quantitative estimate of drug-likeness (QED) is 0.700. The van der Waals surface area contributed by atoms with E-state index < -0.39 is 10.0 Å². The molecule has 0 spiro atoms. The molecule has 6 nitrogen and oxygen atoms in total. The predicted octanol–water partition coefficient (Wildman–Crippen LogP) is 1.70. The second-order valence-corrected chi connectivity index (χ2v) is 7.99. The summed E-state index contributed by atoms with van der Waals surface area (Å²) in [7, 11) is -3.16. The monoisotopic (exact) mass is 361 g/mol. The van der Waals surface area contributed by atoms with E-state index in [9.17, 15) is 8.42 Å². The number of fused-ring (bicyclic) bond motifs is 1. The first-order valence-electron chi connectivity index (χ1n) is 8.22. The van der Waals surface area contributed by atoms with Crippen molar-refractivity contribution in [2.24, 2.45) is 0 Å². The third kappa shape index (κ3) is 5.45. The van der Waals surface area contributed by atoms with Crippen LogP contribution in [0, 0.1) is 0 Å². The maximum atomic E-state index is 11.1. The number of anilines is 1. The summed E-state index contributed by atoms with van der Waals surface area (Å²) in [4.78, 5) is 0. The molecule has 1 aliphatic rings.